The van der Waals surface area contributed by atoms with Crippen LogP contribution in [0.5, 0.6) is 0 Å². The minimum Gasteiger partial charge on any atom is -0.456 e. The Balaban J connectivity index is 1.54. The van der Waals surface area contributed by atoms with Crippen LogP contribution in [0.1, 0.15) is 51.9 Å². The van der Waals surface area contributed by atoms with Gasteiger partial charge in [-0.15, -0.1) is 0 Å². The van der Waals surface area contributed by atoms with Gasteiger partial charge in [-0.1, -0.05) is 23.3 Å². The molecule has 54 heavy (non-hydrogen) atoms. The van der Waals surface area contributed by atoms with Crippen molar-refractivity contribution in [3.63, 3.8) is 0 Å². The van der Waals surface area contributed by atoms with E-state index in [-0.39, 0.29) is 30.9 Å². The number of fused-ring (bicyclic) bond motifs is 2. The van der Waals surface area contributed by atoms with E-state index in [1.54, 1.807) is 4.90 Å². The standard InChI is InChI=1S/C41H55N7O6/c1-7-46(8-2)31-15-17-35-37(27-31)54-38-28-32(47(9-3)10-4)16-18-36(38)40(35)33-13-11-12-14-34(33)41(50)48(30(5)6)29-39(49)43-19-21-51-23-25-53-26-24-52-22-20-44-45-42/h11-18,27-28,30H,7-10,19-26,29H2,1-6H3/p+1. The third kappa shape index (κ3) is 11.0. The number of hydrogen-bond donors (Lipinski definition) is 1. The Morgan fingerprint density at radius 1 is 0.870 bits per heavy atom. The van der Waals surface area contributed by atoms with Crippen LogP contribution in [0, 0.1) is 0 Å². The topological polar surface area (TPSA) is 145 Å². The summed E-state index contributed by atoms with van der Waals surface area (Å²) in [5.74, 6) is 0.240. The van der Waals surface area contributed by atoms with E-state index in [9.17, 15) is 9.59 Å². The molecule has 1 heterocycles. The maximum atomic E-state index is 14.5. The molecule has 290 valence electrons. The van der Waals surface area contributed by atoms with Crippen molar-refractivity contribution < 1.29 is 28.2 Å². The first-order chi connectivity index (χ1) is 26.3. The van der Waals surface area contributed by atoms with Crippen molar-refractivity contribution in [1.82, 2.24) is 14.8 Å². The molecule has 13 heteroatoms. The van der Waals surface area contributed by atoms with Gasteiger partial charge in [-0.3, -0.25) is 9.59 Å². The minimum absolute atomic E-state index is 0.0975. The fraction of sp³-hybridized carbons (Fsp3) is 0.488. The summed E-state index contributed by atoms with van der Waals surface area (Å²) in [6.07, 6.45) is 0. The minimum atomic E-state index is -0.269. The predicted octanol–water partition coefficient (Wildman–Crippen LogP) is 6.19. The first-order valence-electron chi connectivity index (χ1n) is 19.0. The van der Waals surface area contributed by atoms with E-state index < -0.39 is 0 Å². The normalized spacial score (nSPS) is 11.2. The zero-order chi connectivity index (χ0) is 38.9. The first-order valence-corrected chi connectivity index (χ1v) is 19.0. The van der Waals surface area contributed by atoms with Crippen LogP contribution >= 0.6 is 0 Å². The second-order valence-electron chi connectivity index (χ2n) is 12.9. The van der Waals surface area contributed by atoms with E-state index >= 15 is 0 Å². The number of nitrogens with one attached hydrogen (secondary N) is 1. The number of carbonyl (C=O) groups is 2. The SMILES string of the molecule is CCN(CC)c1ccc2c(-c3ccccc3C(=O)N(CC(=O)NCCOCCOCCOCCN=[N+]=[N-])C(C)C)c3ccc(=[N+](CC)CC)cc-3oc2c1. The lowest BCUT2D eigenvalue weighted by molar-refractivity contribution is -0.122. The van der Waals surface area contributed by atoms with Gasteiger partial charge in [0.05, 0.1) is 45.7 Å². The van der Waals surface area contributed by atoms with Crippen molar-refractivity contribution in [1.29, 1.82) is 0 Å². The molecule has 2 aromatic carbocycles. The van der Waals surface area contributed by atoms with Gasteiger partial charge in [0.2, 0.25) is 11.3 Å². The zero-order valence-electron chi connectivity index (χ0n) is 32.7. The predicted molar refractivity (Wildman–Crippen MR) is 214 cm³/mol. The van der Waals surface area contributed by atoms with Crippen LogP contribution in [-0.2, 0) is 19.0 Å². The summed E-state index contributed by atoms with van der Waals surface area (Å²) in [4.78, 5) is 34.1. The van der Waals surface area contributed by atoms with Gasteiger partial charge in [0.1, 0.15) is 31.0 Å². The molecule has 4 rings (SSSR count). The van der Waals surface area contributed by atoms with Crippen molar-refractivity contribution in [2.75, 3.05) is 90.4 Å². The fourth-order valence-electron chi connectivity index (χ4n) is 6.43. The molecule has 0 atom stereocenters. The Morgan fingerprint density at radius 2 is 1.56 bits per heavy atom. The van der Waals surface area contributed by atoms with E-state index in [1.807, 2.05) is 38.1 Å². The summed E-state index contributed by atoms with van der Waals surface area (Å²) in [5.41, 5.74) is 13.2. The number of azide groups is 1. The summed E-state index contributed by atoms with van der Waals surface area (Å²) in [7, 11) is 0. The van der Waals surface area contributed by atoms with Crippen molar-refractivity contribution in [2.24, 2.45) is 5.11 Å². The van der Waals surface area contributed by atoms with Crippen LogP contribution < -0.4 is 20.1 Å². The number of carbonyl (C=O) groups excluding carboxylic acids is 2. The van der Waals surface area contributed by atoms with Crippen molar-refractivity contribution in [2.45, 2.75) is 47.6 Å². The van der Waals surface area contributed by atoms with E-state index in [0.717, 1.165) is 70.6 Å². The smallest absolute Gasteiger partial charge is 0.255 e. The molecule has 1 N–H and O–H groups in total. The van der Waals surface area contributed by atoms with Crippen LogP contribution in [0.15, 0.2) is 70.2 Å². The molecule has 0 saturated carbocycles. The number of benzene rings is 3. The van der Waals surface area contributed by atoms with Crippen LogP contribution in [0.3, 0.4) is 0 Å². The van der Waals surface area contributed by atoms with Gasteiger partial charge in [0.15, 0.2) is 0 Å². The summed E-state index contributed by atoms with van der Waals surface area (Å²) >= 11 is 0. The van der Waals surface area contributed by atoms with Crippen LogP contribution in [0.25, 0.3) is 43.9 Å². The summed E-state index contributed by atoms with van der Waals surface area (Å²) in [6.45, 7) is 18.6. The first kappa shape index (κ1) is 41.8. The molecule has 1 aliphatic heterocycles. The molecule has 13 nitrogen and oxygen atoms in total. The second-order valence-corrected chi connectivity index (χ2v) is 12.9. The average molecular weight is 743 g/mol. The lowest BCUT2D eigenvalue weighted by Crippen LogP contribution is -2.45. The highest BCUT2D eigenvalue weighted by Crippen LogP contribution is 2.42. The Hall–Kier alpha value is -4.94. The van der Waals surface area contributed by atoms with Gasteiger partial charge in [-0.2, -0.15) is 0 Å². The maximum absolute atomic E-state index is 14.5. The monoisotopic (exact) mass is 742 g/mol. The zero-order valence-corrected chi connectivity index (χ0v) is 32.7. The number of rotatable bonds is 22. The lowest BCUT2D eigenvalue weighted by Gasteiger charge is -2.28. The molecule has 2 amide bonds. The Kier molecular flexibility index (Phi) is 16.8. The number of hydrogen-bond acceptors (Lipinski definition) is 8. The van der Waals surface area contributed by atoms with Gasteiger partial charge in [-0.25, -0.2) is 4.58 Å². The molecular formula is C41H56N7O6+. The molecule has 0 unspecified atom stereocenters. The van der Waals surface area contributed by atoms with E-state index in [2.05, 4.69) is 88.9 Å². The van der Waals surface area contributed by atoms with Gasteiger partial charge in [-0.05, 0) is 76.9 Å². The van der Waals surface area contributed by atoms with Gasteiger partial charge in [0.25, 0.3) is 5.91 Å². The third-order valence-corrected chi connectivity index (χ3v) is 9.28. The number of anilines is 1. The Labute approximate surface area is 318 Å². The second kappa shape index (κ2) is 21.7. The molecule has 0 bridgehead atoms. The molecule has 0 fully saturated rings. The molecular weight excluding hydrogens is 686 g/mol. The molecule has 0 saturated heterocycles. The van der Waals surface area contributed by atoms with Crippen molar-refractivity contribution >= 4 is 28.5 Å². The molecule has 0 spiro atoms. The largest absolute Gasteiger partial charge is 0.456 e. The fourth-order valence-corrected chi connectivity index (χ4v) is 6.43. The number of ether oxygens (including phenoxy) is 3. The van der Waals surface area contributed by atoms with E-state index in [4.69, 9.17) is 24.2 Å². The third-order valence-electron chi connectivity index (χ3n) is 9.28. The van der Waals surface area contributed by atoms with Gasteiger partial charge in [0, 0.05) is 77.0 Å². The Bertz CT molecular complexity index is 1910. The van der Waals surface area contributed by atoms with E-state index in [1.165, 1.54) is 0 Å². The van der Waals surface area contributed by atoms with E-state index in [0.29, 0.717) is 51.7 Å². The van der Waals surface area contributed by atoms with Crippen LogP contribution in [-0.4, -0.2) is 108 Å². The van der Waals surface area contributed by atoms with Crippen LogP contribution in [0.4, 0.5) is 5.69 Å². The summed E-state index contributed by atoms with van der Waals surface area (Å²) in [5, 5.41) is 8.26. The highest BCUT2D eigenvalue weighted by molar-refractivity contribution is 6.10. The average Bonchev–Trinajstić information content (AvgIpc) is 3.18. The molecule has 2 aliphatic rings. The van der Waals surface area contributed by atoms with Gasteiger partial charge < -0.3 is 33.7 Å². The summed E-state index contributed by atoms with van der Waals surface area (Å²) < 4.78 is 25.3. The molecule has 0 radical (unpaired) electrons. The lowest BCUT2D eigenvalue weighted by atomic mass is 9.90. The van der Waals surface area contributed by atoms with Crippen molar-refractivity contribution in [3.05, 3.63) is 82.0 Å². The van der Waals surface area contributed by atoms with Crippen molar-refractivity contribution in [3.8, 4) is 22.5 Å². The number of nitrogens with zero attached hydrogens (tertiary/aromatic N) is 6. The molecule has 0 aromatic heterocycles. The molecule has 2 aromatic rings. The van der Waals surface area contributed by atoms with Gasteiger partial charge >= 0.3 is 0 Å². The summed E-state index contributed by atoms with van der Waals surface area (Å²) in [6, 6.07) is 20.0. The quantitative estimate of drug-likeness (QED) is 0.0253. The molecule has 1 aliphatic carbocycles. The highest BCUT2D eigenvalue weighted by atomic mass is 16.5. The van der Waals surface area contributed by atoms with Crippen LogP contribution in [0.2, 0.25) is 0 Å². The maximum Gasteiger partial charge on any atom is 0.255 e. The Morgan fingerprint density at radius 3 is 2.22 bits per heavy atom. The number of amides is 2. The highest BCUT2D eigenvalue weighted by Gasteiger charge is 2.27.